The van der Waals surface area contributed by atoms with E-state index in [4.69, 9.17) is 9.47 Å². The molecule has 4 heteroatoms. The van der Waals surface area contributed by atoms with Crippen molar-refractivity contribution in [1.29, 1.82) is 0 Å². The minimum Gasteiger partial charge on any atom is -0.489 e. The fourth-order valence-corrected chi connectivity index (χ4v) is 2.96. The van der Waals surface area contributed by atoms with Gasteiger partial charge in [0.15, 0.2) is 0 Å². The maximum absolute atomic E-state index is 12.4. The van der Waals surface area contributed by atoms with E-state index in [1.165, 1.54) is 0 Å². The highest BCUT2D eigenvalue weighted by molar-refractivity contribution is 6.04. The maximum atomic E-state index is 12.4. The summed E-state index contributed by atoms with van der Waals surface area (Å²) in [5, 5.41) is 2.93. The van der Waals surface area contributed by atoms with Gasteiger partial charge in [-0.25, -0.2) is 0 Å². The predicted octanol–water partition coefficient (Wildman–Crippen LogP) is 4.59. The van der Waals surface area contributed by atoms with Crippen LogP contribution in [-0.2, 0) is 9.53 Å². The first-order valence-electron chi connectivity index (χ1n) is 9.01. The van der Waals surface area contributed by atoms with Crippen molar-refractivity contribution in [3.05, 3.63) is 65.7 Å². The number of aryl methyl sites for hydroxylation is 1. The molecule has 136 valence electrons. The molecule has 3 rings (SSSR count). The van der Waals surface area contributed by atoms with Crippen molar-refractivity contribution < 1.29 is 14.3 Å². The molecule has 1 N–H and O–H groups in total. The van der Waals surface area contributed by atoms with E-state index in [9.17, 15) is 4.79 Å². The van der Waals surface area contributed by atoms with E-state index < -0.39 is 0 Å². The van der Waals surface area contributed by atoms with Crippen LogP contribution in [0.2, 0.25) is 0 Å². The van der Waals surface area contributed by atoms with Gasteiger partial charge in [0.1, 0.15) is 12.4 Å². The van der Waals surface area contributed by atoms with Crippen molar-refractivity contribution in [3.8, 4) is 5.75 Å². The minimum absolute atomic E-state index is 0.138. The monoisotopic (exact) mass is 351 g/mol. The van der Waals surface area contributed by atoms with Crippen LogP contribution in [0.25, 0.3) is 5.57 Å². The first-order valence-corrected chi connectivity index (χ1v) is 9.01. The van der Waals surface area contributed by atoms with Gasteiger partial charge in [0.25, 0.3) is 0 Å². The summed E-state index contributed by atoms with van der Waals surface area (Å²) in [4.78, 5) is 12.4. The fourth-order valence-electron chi connectivity index (χ4n) is 2.96. The van der Waals surface area contributed by atoms with Crippen LogP contribution in [0, 0.1) is 6.92 Å². The van der Waals surface area contributed by atoms with Gasteiger partial charge in [0.2, 0.25) is 5.91 Å². The Kier molecular flexibility index (Phi) is 6.08. The lowest BCUT2D eigenvalue weighted by Crippen LogP contribution is -2.17. The summed E-state index contributed by atoms with van der Waals surface area (Å²) in [5.41, 5.74) is 3.70. The zero-order valence-electron chi connectivity index (χ0n) is 15.3. The van der Waals surface area contributed by atoms with Crippen molar-refractivity contribution in [2.24, 2.45) is 0 Å². The molecule has 1 amide bonds. The normalized spacial score (nSPS) is 17.2. The van der Waals surface area contributed by atoms with Gasteiger partial charge in [-0.15, -0.1) is 0 Å². The number of ether oxygens (including phenoxy) is 2. The third-order valence-corrected chi connectivity index (χ3v) is 4.42. The number of hydrogen-bond acceptors (Lipinski definition) is 3. The lowest BCUT2D eigenvalue weighted by Gasteiger charge is -2.15. The Morgan fingerprint density at radius 3 is 2.81 bits per heavy atom. The van der Waals surface area contributed by atoms with E-state index in [0.29, 0.717) is 18.0 Å². The summed E-state index contributed by atoms with van der Waals surface area (Å²) in [5.74, 6) is 0.511. The van der Waals surface area contributed by atoms with E-state index in [2.05, 4.69) is 5.32 Å². The third-order valence-electron chi connectivity index (χ3n) is 4.42. The molecule has 1 unspecified atom stereocenters. The lowest BCUT2D eigenvalue weighted by molar-refractivity contribution is -0.111. The zero-order chi connectivity index (χ0) is 18.4. The van der Waals surface area contributed by atoms with Gasteiger partial charge in [0.05, 0.1) is 11.8 Å². The van der Waals surface area contributed by atoms with E-state index in [0.717, 1.165) is 36.1 Å². The van der Waals surface area contributed by atoms with Crippen LogP contribution in [-0.4, -0.2) is 25.2 Å². The quantitative estimate of drug-likeness (QED) is 0.774. The van der Waals surface area contributed by atoms with Gasteiger partial charge in [-0.2, -0.15) is 0 Å². The number of nitrogens with one attached hydrogen (secondary N) is 1. The Morgan fingerprint density at radius 2 is 2.08 bits per heavy atom. The number of carbonyl (C=O) groups is 1. The Labute approximate surface area is 154 Å². The molecule has 0 spiro atoms. The molecule has 2 aromatic rings. The van der Waals surface area contributed by atoms with Gasteiger partial charge in [0, 0.05) is 12.7 Å². The molecule has 0 radical (unpaired) electrons. The van der Waals surface area contributed by atoms with E-state index in [-0.39, 0.29) is 12.0 Å². The highest BCUT2D eigenvalue weighted by atomic mass is 16.5. The lowest BCUT2D eigenvalue weighted by atomic mass is 10.1. The Morgan fingerprint density at radius 1 is 1.27 bits per heavy atom. The predicted molar refractivity (Wildman–Crippen MR) is 104 cm³/mol. The van der Waals surface area contributed by atoms with Crippen LogP contribution < -0.4 is 10.1 Å². The maximum Gasteiger partial charge on any atom is 0.248 e. The standard InChI is InChI=1S/C22H25NO3/c1-16-10-11-20(21(13-16)26-15-19-9-6-12-25-19)23-22(24)14-17(2)18-7-4-3-5-8-18/h3-5,7-8,10-11,13-14,19H,6,9,12,15H2,1-2H3,(H,23,24)/b17-14+. The van der Waals surface area contributed by atoms with Crippen LogP contribution in [0.3, 0.4) is 0 Å². The minimum atomic E-state index is -0.169. The summed E-state index contributed by atoms with van der Waals surface area (Å²) < 4.78 is 11.5. The highest BCUT2D eigenvalue weighted by Gasteiger charge is 2.17. The SMILES string of the molecule is C/C(=C\C(=O)Nc1ccc(C)cc1OCC1CCCO1)c1ccccc1. The van der Waals surface area contributed by atoms with Crippen molar-refractivity contribution in [2.75, 3.05) is 18.5 Å². The molecule has 0 saturated carbocycles. The Bertz CT molecular complexity index is 777. The molecule has 0 aromatic heterocycles. The van der Waals surface area contributed by atoms with Crippen LogP contribution in [0.1, 0.15) is 30.9 Å². The van der Waals surface area contributed by atoms with Gasteiger partial charge in [-0.05, 0) is 55.5 Å². The molecule has 1 heterocycles. The van der Waals surface area contributed by atoms with Crippen LogP contribution in [0.5, 0.6) is 5.75 Å². The van der Waals surface area contributed by atoms with Crippen molar-refractivity contribution >= 4 is 17.2 Å². The molecule has 1 aliphatic heterocycles. The van der Waals surface area contributed by atoms with E-state index in [1.807, 2.05) is 62.4 Å². The largest absolute Gasteiger partial charge is 0.489 e. The van der Waals surface area contributed by atoms with Gasteiger partial charge < -0.3 is 14.8 Å². The summed E-state index contributed by atoms with van der Waals surface area (Å²) >= 11 is 0. The number of benzene rings is 2. The molecule has 1 atom stereocenters. The third kappa shape index (κ3) is 4.96. The molecule has 1 aliphatic rings. The second-order valence-corrected chi connectivity index (χ2v) is 6.63. The molecule has 2 aromatic carbocycles. The number of anilines is 1. The smallest absolute Gasteiger partial charge is 0.248 e. The molecule has 0 bridgehead atoms. The summed E-state index contributed by atoms with van der Waals surface area (Å²) in [6, 6.07) is 15.6. The van der Waals surface area contributed by atoms with Crippen LogP contribution in [0.15, 0.2) is 54.6 Å². The molecular formula is C22H25NO3. The van der Waals surface area contributed by atoms with Gasteiger partial charge >= 0.3 is 0 Å². The number of allylic oxidation sites excluding steroid dienone is 1. The first-order chi connectivity index (χ1) is 12.6. The van der Waals surface area contributed by atoms with Crippen molar-refractivity contribution in [2.45, 2.75) is 32.8 Å². The van der Waals surface area contributed by atoms with Crippen molar-refractivity contribution in [1.82, 2.24) is 0 Å². The average Bonchev–Trinajstić information content (AvgIpc) is 3.16. The molecule has 0 aliphatic carbocycles. The summed E-state index contributed by atoms with van der Waals surface area (Å²) in [6.45, 7) is 5.24. The summed E-state index contributed by atoms with van der Waals surface area (Å²) in [6.07, 6.45) is 3.85. The van der Waals surface area contributed by atoms with E-state index >= 15 is 0 Å². The number of rotatable bonds is 6. The highest BCUT2D eigenvalue weighted by Crippen LogP contribution is 2.27. The van der Waals surface area contributed by atoms with E-state index in [1.54, 1.807) is 6.08 Å². The Hall–Kier alpha value is -2.59. The number of carbonyl (C=O) groups excluding carboxylic acids is 1. The van der Waals surface area contributed by atoms with Gasteiger partial charge in [-0.3, -0.25) is 4.79 Å². The van der Waals surface area contributed by atoms with Crippen LogP contribution >= 0.6 is 0 Å². The first kappa shape index (κ1) is 18.2. The molecular weight excluding hydrogens is 326 g/mol. The molecule has 26 heavy (non-hydrogen) atoms. The fraction of sp³-hybridized carbons (Fsp3) is 0.318. The second-order valence-electron chi connectivity index (χ2n) is 6.63. The molecule has 1 saturated heterocycles. The van der Waals surface area contributed by atoms with Gasteiger partial charge in [-0.1, -0.05) is 36.4 Å². The number of amides is 1. The molecule has 4 nitrogen and oxygen atoms in total. The van der Waals surface area contributed by atoms with Crippen molar-refractivity contribution in [3.63, 3.8) is 0 Å². The van der Waals surface area contributed by atoms with Crippen LogP contribution in [0.4, 0.5) is 5.69 Å². The summed E-state index contributed by atoms with van der Waals surface area (Å²) in [7, 11) is 0. The number of hydrogen-bond donors (Lipinski definition) is 1. The second kappa shape index (κ2) is 8.68. The molecule has 1 fully saturated rings. The average molecular weight is 351 g/mol. The topological polar surface area (TPSA) is 47.6 Å². The Balaban J connectivity index is 1.69. The zero-order valence-corrected chi connectivity index (χ0v) is 15.3.